The molecular weight excluding hydrogens is 362 g/mol. The van der Waals surface area contributed by atoms with Crippen molar-refractivity contribution in [2.45, 2.75) is 25.3 Å². The Labute approximate surface area is 160 Å². The number of Topliss-reactive ketones (excluding diaryl/α,β-unsaturated/α-hetero) is 1. The molecule has 7 heteroatoms. The van der Waals surface area contributed by atoms with Crippen molar-refractivity contribution in [1.29, 1.82) is 0 Å². The molecule has 2 aromatic carbocycles. The van der Waals surface area contributed by atoms with Crippen LogP contribution in [0.15, 0.2) is 56.9 Å². The van der Waals surface area contributed by atoms with Crippen molar-refractivity contribution in [3.8, 4) is 0 Å². The molecule has 3 rings (SSSR count). The molecule has 0 saturated carbocycles. The summed E-state index contributed by atoms with van der Waals surface area (Å²) in [6.07, 6.45) is 0. The lowest BCUT2D eigenvalue weighted by atomic mass is 10.1. The molecule has 1 heterocycles. The number of nitrogens with one attached hydrogen (secondary N) is 1. The smallest absolute Gasteiger partial charge is 0.329 e. The summed E-state index contributed by atoms with van der Waals surface area (Å²) >= 11 is 1.33. The molecule has 0 atom stereocenters. The Kier molecular flexibility index (Phi) is 5.51. The van der Waals surface area contributed by atoms with E-state index in [0.29, 0.717) is 6.54 Å². The van der Waals surface area contributed by atoms with E-state index >= 15 is 0 Å². The SMILES string of the molecule is CC(C)Cn1c(N)c(C(=O)CSc2ccc3ccccc3c2)c(=O)[nH]c1=O. The molecule has 3 N–H and O–H groups in total. The third-order valence-corrected chi connectivity index (χ3v) is 5.15. The van der Waals surface area contributed by atoms with E-state index < -0.39 is 17.0 Å². The largest absolute Gasteiger partial charge is 0.384 e. The zero-order valence-corrected chi connectivity index (χ0v) is 16.0. The summed E-state index contributed by atoms with van der Waals surface area (Å²) in [5.41, 5.74) is 4.51. The van der Waals surface area contributed by atoms with Gasteiger partial charge in [-0.2, -0.15) is 0 Å². The maximum atomic E-state index is 12.6. The number of nitrogens with zero attached hydrogens (tertiary/aromatic N) is 1. The van der Waals surface area contributed by atoms with Crippen LogP contribution in [-0.2, 0) is 6.54 Å². The van der Waals surface area contributed by atoms with Crippen LogP contribution in [0.1, 0.15) is 24.2 Å². The second-order valence-corrected chi connectivity index (χ2v) is 7.79. The fourth-order valence-electron chi connectivity index (χ4n) is 2.88. The van der Waals surface area contributed by atoms with Crippen LogP contribution in [0.3, 0.4) is 0 Å². The average molecular weight is 383 g/mol. The fraction of sp³-hybridized carbons (Fsp3) is 0.250. The Hall–Kier alpha value is -2.80. The van der Waals surface area contributed by atoms with Gasteiger partial charge < -0.3 is 5.73 Å². The molecule has 0 fully saturated rings. The monoisotopic (exact) mass is 383 g/mol. The van der Waals surface area contributed by atoms with Crippen molar-refractivity contribution in [2.24, 2.45) is 5.92 Å². The maximum absolute atomic E-state index is 12.6. The topological polar surface area (TPSA) is 97.9 Å². The summed E-state index contributed by atoms with van der Waals surface area (Å²) in [7, 11) is 0. The lowest BCUT2D eigenvalue weighted by Crippen LogP contribution is -2.37. The van der Waals surface area contributed by atoms with Gasteiger partial charge in [-0.05, 0) is 28.8 Å². The van der Waals surface area contributed by atoms with Crippen molar-refractivity contribution < 1.29 is 4.79 Å². The fourth-order valence-corrected chi connectivity index (χ4v) is 3.70. The maximum Gasteiger partial charge on any atom is 0.329 e. The molecular formula is C20H21N3O3S. The van der Waals surface area contributed by atoms with Crippen molar-refractivity contribution in [3.05, 3.63) is 68.9 Å². The number of aromatic nitrogens is 2. The highest BCUT2D eigenvalue weighted by Crippen LogP contribution is 2.24. The number of aromatic amines is 1. The summed E-state index contributed by atoms with van der Waals surface area (Å²) < 4.78 is 1.25. The zero-order chi connectivity index (χ0) is 19.6. The van der Waals surface area contributed by atoms with Crippen molar-refractivity contribution in [3.63, 3.8) is 0 Å². The van der Waals surface area contributed by atoms with E-state index in [0.717, 1.165) is 15.7 Å². The average Bonchev–Trinajstić information content (AvgIpc) is 2.63. The normalized spacial score (nSPS) is 11.2. The van der Waals surface area contributed by atoms with E-state index in [-0.39, 0.29) is 23.1 Å². The molecule has 0 saturated heterocycles. The van der Waals surface area contributed by atoms with Crippen molar-refractivity contribution >= 4 is 34.1 Å². The number of rotatable bonds is 6. The van der Waals surface area contributed by atoms with Crippen LogP contribution in [-0.4, -0.2) is 21.1 Å². The minimum absolute atomic E-state index is 0.0610. The van der Waals surface area contributed by atoms with E-state index in [2.05, 4.69) is 4.98 Å². The van der Waals surface area contributed by atoms with Crippen molar-refractivity contribution in [2.75, 3.05) is 11.5 Å². The van der Waals surface area contributed by atoms with Crippen LogP contribution < -0.4 is 17.0 Å². The van der Waals surface area contributed by atoms with E-state index in [1.807, 2.05) is 56.3 Å². The van der Waals surface area contributed by atoms with Gasteiger partial charge >= 0.3 is 5.69 Å². The number of fused-ring (bicyclic) bond motifs is 1. The lowest BCUT2D eigenvalue weighted by Gasteiger charge is -2.13. The van der Waals surface area contributed by atoms with E-state index in [4.69, 9.17) is 5.73 Å². The Balaban J connectivity index is 1.85. The molecule has 0 aliphatic carbocycles. The van der Waals surface area contributed by atoms with Gasteiger partial charge in [0.25, 0.3) is 5.56 Å². The van der Waals surface area contributed by atoms with Crippen LogP contribution in [0.4, 0.5) is 5.82 Å². The highest BCUT2D eigenvalue weighted by Gasteiger charge is 2.19. The summed E-state index contributed by atoms with van der Waals surface area (Å²) in [5, 5.41) is 2.20. The Morgan fingerprint density at radius 3 is 2.56 bits per heavy atom. The number of ketones is 1. The van der Waals surface area contributed by atoms with Gasteiger partial charge in [-0.15, -0.1) is 11.8 Å². The summed E-state index contributed by atoms with van der Waals surface area (Å²) in [6.45, 7) is 4.18. The predicted molar refractivity (Wildman–Crippen MR) is 110 cm³/mol. The number of carbonyl (C=O) groups excluding carboxylic acids is 1. The molecule has 0 spiro atoms. The molecule has 0 aliphatic rings. The summed E-state index contributed by atoms with van der Waals surface area (Å²) in [4.78, 5) is 39.9. The molecule has 140 valence electrons. The van der Waals surface area contributed by atoms with Gasteiger partial charge in [0, 0.05) is 11.4 Å². The molecule has 0 amide bonds. The first-order valence-electron chi connectivity index (χ1n) is 8.64. The predicted octanol–water partition coefficient (Wildman–Crippen LogP) is 2.90. The number of H-pyrrole nitrogens is 1. The van der Waals surface area contributed by atoms with Crippen LogP contribution in [0.5, 0.6) is 0 Å². The van der Waals surface area contributed by atoms with E-state index in [1.54, 1.807) is 0 Å². The quantitative estimate of drug-likeness (QED) is 0.504. The molecule has 0 aliphatic heterocycles. The first-order chi connectivity index (χ1) is 12.9. The van der Waals surface area contributed by atoms with Gasteiger partial charge in [0.05, 0.1) is 5.75 Å². The third-order valence-electron chi connectivity index (χ3n) is 4.16. The Bertz CT molecular complexity index is 1120. The van der Waals surface area contributed by atoms with Gasteiger partial charge in [-0.1, -0.05) is 44.2 Å². The molecule has 3 aromatic rings. The number of thioether (sulfide) groups is 1. The first kappa shape index (κ1) is 19.0. The van der Waals surface area contributed by atoms with Crippen LogP contribution >= 0.6 is 11.8 Å². The second kappa shape index (κ2) is 7.84. The van der Waals surface area contributed by atoms with Gasteiger partial charge in [0.1, 0.15) is 11.4 Å². The highest BCUT2D eigenvalue weighted by atomic mass is 32.2. The number of hydrogen-bond donors (Lipinski definition) is 2. The van der Waals surface area contributed by atoms with E-state index in [9.17, 15) is 14.4 Å². The molecule has 1 aromatic heterocycles. The third kappa shape index (κ3) is 4.14. The van der Waals surface area contributed by atoms with Gasteiger partial charge in [0.2, 0.25) is 0 Å². The molecule has 27 heavy (non-hydrogen) atoms. The van der Waals surface area contributed by atoms with Crippen LogP contribution in [0, 0.1) is 5.92 Å². The number of hydrogen-bond acceptors (Lipinski definition) is 5. The minimum atomic E-state index is -0.735. The zero-order valence-electron chi connectivity index (χ0n) is 15.2. The second-order valence-electron chi connectivity index (χ2n) is 6.74. The number of nitrogens with two attached hydrogens (primary N) is 1. The number of carbonyl (C=O) groups is 1. The van der Waals surface area contributed by atoms with Gasteiger partial charge in [-0.3, -0.25) is 19.1 Å². The standard InChI is InChI=1S/C20H21N3O3S/c1-12(2)10-23-18(21)17(19(25)22-20(23)26)16(24)11-27-15-8-7-13-5-3-4-6-14(13)9-15/h3-9,12H,10-11,21H2,1-2H3,(H,22,25,26). The molecule has 0 bridgehead atoms. The van der Waals surface area contributed by atoms with E-state index in [1.165, 1.54) is 16.3 Å². The van der Waals surface area contributed by atoms with Gasteiger partial charge in [0.15, 0.2) is 5.78 Å². The Morgan fingerprint density at radius 1 is 1.15 bits per heavy atom. The molecule has 0 unspecified atom stereocenters. The van der Waals surface area contributed by atoms with Crippen LogP contribution in [0.25, 0.3) is 10.8 Å². The number of nitrogen functional groups attached to an aromatic ring is 1. The van der Waals surface area contributed by atoms with Crippen molar-refractivity contribution in [1.82, 2.24) is 9.55 Å². The minimum Gasteiger partial charge on any atom is -0.384 e. The molecule has 0 radical (unpaired) electrons. The molecule has 6 nitrogen and oxygen atoms in total. The lowest BCUT2D eigenvalue weighted by molar-refractivity contribution is 0.102. The Morgan fingerprint density at radius 2 is 1.85 bits per heavy atom. The summed E-state index contributed by atoms with van der Waals surface area (Å²) in [6, 6.07) is 13.9. The highest BCUT2D eigenvalue weighted by molar-refractivity contribution is 8.00. The summed E-state index contributed by atoms with van der Waals surface area (Å²) in [5.74, 6) is -0.261. The number of anilines is 1. The van der Waals surface area contributed by atoms with Crippen LogP contribution in [0.2, 0.25) is 0 Å². The first-order valence-corrected chi connectivity index (χ1v) is 9.62. The number of benzene rings is 2. The van der Waals surface area contributed by atoms with Gasteiger partial charge in [-0.25, -0.2) is 4.79 Å².